The van der Waals surface area contributed by atoms with Crippen molar-refractivity contribution in [2.75, 3.05) is 0 Å². The fourth-order valence-electron chi connectivity index (χ4n) is 2.66. The van der Waals surface area contributed by atoms with Crippen LogP contribution >= 0.6 is 24.8 Å². The number of hydrogen-bond donors (Lipinski definition) is 2. The molecule has 0 aromatic rings. The first-order valence-electron chi connectivity index (χ1n) is 9.19. The molecule has 2 atom stereocenters. The molecule has 0 rings (SSSR count). The van der Waals surface area contributed by atoms with Crippen molar-refractivity contribution in [2.24, 2.45) is 11.5 Å². The van der Waals surface area contributed by atoms with E-state index in [2.05, 4.69) is 6.92 Å². The molecule has 0 unspecified atom stereocenters. The predicted octanol–water partition coefficient (Wildman–Crippen LogP) is 5.99. The van der Waals surface area contributed by atoms with Gasteiger partial charge in [-0.25, -0.2) is 0 Å². The van der Waals surface area contributed by atoms with Gasteiger partial charge in [-0.2, -0.15) is 0 Å². The molecular formula is C18H42Cl2N2. The van der Waals surface area contributed by atoms with Crippen molar-refractivity contribution in [3.8, 4) is 0 Å². The molecule has 0 aromatic heterocycles. The Hall–Kier alpha value is 0.500. The van der Waals surface area contributed by atoms with Gasteiger partial charge in [0.1, 0.15) is 0 Å². The summed E-state index contributed by atoms with van der Waals surface area (Å²) in [6.45, 7) is 4.29. The molecule has 2 nitrogen and oxygen atoms in total. The van der Waals surface area contributed by atoms with E-state index >= 15 is 0 Å². The lowest BCUT2D eigenvalue weighted by molar-refractivity contribution is 0.480. The first-order valence-corrected chi connectivity index (χ1v) is 9.19. The molecule has 0 aliphatic heterocycles. The van der Waals surface area contributed by atoms with Gasteiger partial charge in [-0.3, -0.25) is 0 Å². The lowest BCUT2D eigenvalue weighted by atomic mass is 10.0. The molecule has 0 saturated carbocycles. The van der Waals surface area contributed by atoms with E-state index in [1.54, 1.807) is 0 Å². The maximum Gasteiger partial charge on any atom is 0.0189 e. The maximum atomic E-state index is 5.93. The van der Waals surface area contributed by atoms with E-state index < -0.39 is 0 Å². The molecule has 0 spiro atoms. The monoisotopic (exact) mass is 356 g/mol. The molecule has 0 heterocycles. The average molecular weight is 357 g/mol. The van der Waals surface area contributed by atoms with Gasteiger partial charge in [0.15, 0.2) is 0 Å². The number of rotatable bonds is 15. The fourth-order valence-corrected chi connectivity index (χ4v) is 2.66. The summed E-state index contributed by atoms with van der Waals surface area (Å²) >= 11 is 0. The summed E-state index contributed by atoms with van der Waals surface area (Å²) in [6.07, 6.45) is 19.3. The van der Waals surface area contributed by atoms with Crippen LogP contribution in [0.25, 0.3) is 0 Å². The zero-order chi connectivity index (χ0) is 15.1. The third-order valence-corrected chi connectivity index (χ3v) is 4.32. The Labute approximate surface area is 152 Å². The minimum atomic E-state index is 0. The van der Waals surface area contributed by atoms with Crippen LogP contribution < -0.4 is 11.5 Å². The average Bonchev–Trinajstić information content (AvgIpc) is 2.43. The Bertz CT molecular complexity index is 190. The zero-order valence-electron chi connectivity index (χ0n) is 15.0. The lowest BCUT2D eigenvalue weighted by Crippen LogP contribution is -2.38. The summed E-state index contributed by atoms with van der Waals surface area (Å²) in [4.78, 5) is 0. The van der Waals surface area contributed by atoms with E-state index in [1.165, 1.54) is 83.5 Å². The molecule has 0 aliphatic carbocycles. The van der Waals surface area contributed by atoms with Crippen molar-refractivity contribution in [3.63, 3.8) is 0 Å². The summed E-state index contributed by atoms with van der Waals surface area (Å²) in [5.41, 5.74) is 11.7. The third kappa shape index (κ3) is 20.5. The Morgan fingerprint density at radius 1 is 0.591 bits per heavy atom. The van der Waals surface area contributed by atoms with Gasteiger partial charge in [0, 0.05) is 12.1 Å². The highest BCUT2D eigenvalue weighted by Crippen LogP contribution is 2.13. The molecule has 0 amide bonds. The van der Waals surface area contributed by atoms with Gasteiger partial charge in [-0.1, -0.05) is 90.4 Å². The summed E-state index contributed by atoms with van der Waals surface area (Å²) < 4.78 is 0. The second-order valence-electron chi connectivity index (χ2n) is 6.55. The van der Waals surface area contributed by atoms with E-state index in [9.17, 15) is 0 Å². The van der Waals surface area contributed by atoms with Gasteiger partial charge in [-0.05, 0) is 13.3 Å². The van der Waals surface area contributed by atoms with Crippen molar-refractivity contribution in [3.05, 3.63) is 0 Å². The van der Waals surface area contributed by atoms with Gasteiger partial charge < -0.3 is 11.5 Å². The minimum absolute atomic E-state index is 0. The molecular weight excluding hydrogens is 315 g/mol. The lowest BCUT2D eigenvalue weighted by Gasteiger charge is -2.14. The molecule has 4 N–H and O–H groups in total. The van der Waals surface area contributed by atoms with Crippen molar-refractivity contribution >= 4 is 24.8 Å². The van der Waals surface area contributed by atoms with Crippen molar-refractivity contribution < 1.29 is 0 Å². The van der Waals surface area contributed by atoms with Crippen LogP contribution in [-0.2, 0) is 0 Å². The largest absolute Gasteiger partial charge is 0.327 e. The fraction of sp³-hybridized carbons (Fsp3) is 1.00. The van der Waals surface area contributed by atoms with E-state index in [0.717, 1.165) is 6.42 Å². The van der Waals surface area contributed by atoms with Gasteiger partial charge in [0.25, 0.3) is 0 Å². The second kappa shape index (κ2) is 21.5. The van der Waals surface area contributed by atoms with Gasteiger partial charge >= 0.3 is 0 Å². The smallest absolute Gasteiger partial charge is 0.0189 e. The predicted molar refractivity (Wildman–Crippen MR) is 106 cm³/mol. The SMILES string of the molecule is CCCCCCCCCCCCCCC[C@@H](N)[C@H](C)N.Cl.Cl. The van der Waals surface area contributed by atoms with Crippen molar-refractivity contribution in [2.45, 2.75) is 116 Å². The first kappa shape index (κ1) is 27.4. The summed E-state index contributed by atoms with van der Waals surface area (Å²) in [7, 11) is 0. The highest BCUT2D eigenvalue weighted by atomic mass is 35.5. The van der Waals surface area contributed by atoms with E-state index in [4.69, 9.17) is 11.5 Å². The molecule has 0 saturated heterocycles. The van der Waals surface area contributed by atoms with E-state index in [1.807, 2.05) is 6.92 Å². The van der Waals surface area contributed by atoms with Crippen LogP contribution in [0, 0.1) is 0 Å². The Morgan fingerprint density at radius 2 is 0.909 bits per heavy atom. The van der Waals surface area contributed by atoms with Gasteiger partial charge in [0.05, 0.1) is 0 Å². The molecule has 0 fully saturated rings. The molecule has 0 radical (unpaired) electrons. The second-order valence-corrected chi connectivity index (χ2v) is 6.55. The van der Waals surface area contributed by atoms with Crippen molar-refractivity contribution in [1.29, 1.82) is 0 Å². The summed E-state index contributed by atoms with van der Waals surface area (Å²) in [5.74, 6) is 0. The molecule has 0 aromatic carbocycles. The van der Waals surface area contributed by atoms with Crippen LogP contribution in [0.15, 0.2) is 0 Å². The van der Waals surface area contributed by atoms with Crippen molar-refractivity contribution in [1.82, 2.24) is 0 Å². The van der Waals surface area contributed by atoms with Crippen LogP contribution in [0.2, 0.25) is 0 Å². The van der Waals surface area contributed by atoms with Crippen LogP contribution in [0.1, 0.15) is 104 Å². The number of hydrogen-bond acceptors (Lipinski definition) is 2. The maximum absolute atomic E-state index is 5.93. The normalized spacial score (nSPS) is 13.1. The standard InChI is InChI=1S/C18H40N2.2ClH/c1-3-4-5-6-7-8-9-10-11-12-13-14-15-16-18(20)17(2)19;;/h17-18H,3-16,19-20H2,1-2H3;2*1H/t17-,18+;;/m0../s1. The molecule has 138 valence electrons. The highest BCUT2D eigenvalue weighted by Gasteiger charge is 2.06. The zero-order valence-corrected chi connectivity index (χ0v) is 16.7. The van der Waals surface area contributed by atoms with Crippen LogP contribution in [0.5, 0.6) is 0 Å². The number of nitrogens with two attached hydrogens (primary N) is 2. The topological polar surface area (TPSA) is 52.0 Å². The number of halogens is 2. The highest BCUT2D eigenvalue weighted by molar-refractivity contribution is 5.85. The molecule has 0 bridgehead atoms. The summed E-state index contributed by atoms with van der Waals surface area (Å²) in [6, 6.07) is 0.343. The van der Waals surface area contributed by atoms with E-state index in [-0.39, 0.29) is 36.9 Å². The van der Waals surface area contributed by atoms with Crippen LogP contribution in [-0.4, -0.2) is 12.1 Å². The quantitative estimate of drug-likeness (QED) is 0.354. The first-order chi connectivity index (χ1) is 9.68. The molecule has 22 heavy (non-hydrogen) atoms. The minimum Gasteiger partial charge on any atom is -0.327 e. The molecule has 0 aliphatic rings. The molecule has 4 heteroatoms. The third-order valence-electron chi connectivity index (χ3n) is 4.32. The van der Waals surface area contributed by atoms with Gasteiger partial charge in [-0.15, -0.1) is 24.8 Å². The van der Waals surface area contributed by atoms with Crippen LogP contribution in [0.3, 0.4) is 0 Å². The Morgan fingerprint density at radius 3 is 1.23 bits per heavy atom. The Kier molecular flexibility index (Phi) is 26.7. The van der Waals surface area contributed by atoms with Gasteiger partial charge in [0.2, 0.25) is 0 Å². The van der Waals surface area contributed by atoms with Crippen LogP contribution in [0.4, 0.5) is 0 Å². The van der Waals surface area contributed by atoms with E-state index in [0.29, 0.717) is 0 Å². The number of unbranched alkanes of at least 4 members (excludes halogenated alkanes) is 12. The Balaban J connectivity index is -0.00000180. The summed E-state index contributed by atoms with van der Waals surface area (Å²) in [5, 5.41) is 0.